The van der Waals surface area contributed by atoms with E-state index >= 15 is 0 Å². The number of likely N-dealkylation sites (tertiary alicyclic amines) is 1. The lowest BCUT2D eigenvalue weighted by Crippen LogP contribution is -2.55. The van der Waals surface area contributed by atoms with Crippen LogP contribution in [0.3, 0.4) is 0 Å². The molecule has 0 amide bonds. The van der Waals surface area contributed by atoms with Crippen molar-refractivity contribution in [3.8, 4) is 0 Å². The van der Waals surface area contributed by atoms with Crippen LogP contribution in [0.5, 0.6) is 0 Å². The van der Waals surface area contributed by atoms with Crippen LogP contribution in [0.2, 0.25) is 0 Å². The predicted molar refractivity (Wildman–Crippen MR) is 80.2 cm³/mol. The number of hydrogen-bond donors (Lipinski definition) is 1. The van der Waals surface area contributed by atoms with Crippen molar-refractivity contribution in [1.82, 2.24) is 4.90 Å². The molecule has 2 aliphatic rings. The second-order valence-corrected chi connectivity index (χ2v) is 6.31. The van der Waals surface area contributed by atoms with Gasteiger partial charge in [0.05, 0.1) is 5.54 Å². The van der Waals surface area contributed by atoms with Crippen molar-refractivity contribution in [3.05, 3.63) is 35.4 Å². The summed E-state index contributed by atoms with van der Waals surface area (Å²) < 4.78 is 0. The van der Waals surface area contributed by atoms with Crippen molar-refractivity contribution in [2.45, 2.75) is 50.5 Å². The molecule has 0 aromatic heterocycles. The molecule has 1 aliphatic carbocycles. The Kier molecular flexibility index (Phi) is 3.64. The van der Waals surface area contributed by atoms with E-state index < -0.39 is 0 Å². The number of nitrogens with zero attached hydrogens (tertiary/aromatic N) is 1. The highest BCUT2D eigenvalue weighted by Crippen LogP contribution is 2.45. The SMILES string of the molecule is CC1CCC(CN)(N2CCCCC2)c2ccccc21. The topological polar surface area (TPSA) is 29.3 Å². The Balaban J connectivity index is 2.03. The summed E-state index contributed by atoms with van der Waals surface area (Å²) >= 11 is 0. The molecule has 3 rings (SSSR count). The molecule has 0 saturated carbocycles. The first-order valence-electron chi connectivity index (χ1n) is 7.82. The normalized spacial score (nSPS) is 32.0. The molecule has 1 heterocycles. The van der Waals surface area contributed by atoms with Crippen LogP contribution >= 0.6 is 0 Å². The van der Waals surface area contributed by atoms with E-state index in [4.69, 9.17) is 5.73 Å². The quantitative estimate of drug-likeness (QED) is 0.882. The van der Waals surface area contributed by atoms with Gasteiger partial charge in [-0.05, 0) is 55.8 Å². The molecule has 1 aliphatic heterocycles. The van der Waals surface area contributed by atoms with E-state index in [-0.39, 0.29) is 5.54 Å². The minimum absolute atomic E-state index is 0.115. The summed E-state index contributed by atoms with van der Waals surface area (Å²) in [4.78, 5) is 2.68. The van der Waals surface area contributed by atoms with Gasteiger partial charge in [-0.2, -0.15) is 0 Å². The van der Waals surface area contributed by atoms with Gasteiger partial charge in [-0.3, -0.25) is 4.90 Å². The van der Waals surface area contributed by atoms with Gasteiger partial charge in [-0.15, -0.1) is 0 Å². The molecule has 0 bridgehead atoms. The molecule has 1 fully saturated rings. The summed E-state index contributed by atoms with van der Waals surface area (Å²) in [6.07, 6.45) is 6.54. The van der Waals surface area contributed by atoms with Crippen molar-refractivity contribution in [1.29, 1.82) is 0 Å². The summed E-state index contributed by atoms with van der Waals surface area (Å²) in [5.74, 6) is 0.681. The van der Waals surface area contributed by atoms with Gasteiger partial charge in [0.25, 0.3) is 0 Å². The molecule has 2 nitrogen and oxygen atoms in total. The van der Waals surface area contributed by atoms with Gasteiger partial charge in [0.1, 0.15) is 0 Å². The summed E-state index contributed by atoms with van der Waals surface area (Å²) in [5, 5.41) is 0. The van der Waals surface area contributed by atoms with E-state index in [9.17, 15) is 0 Å². The minimum atomic E-state index is 0.115. The third kappa shape index (κ3) is 2.11. The molecular weight excluding hydrogens is 232 g/mol. The zero-order chi connectivity index (χ0) is 13.3. The molecule has 0 radical (unpaired) electrons. The van der Waals surface area contributed by atoms with Gasteiger partial charge in [-0.25, -0.2) is 0 Å². The van der Waals surface area contributed by atoms with Crippen LogP contribution in [0.4, 0.5) is 0 Å². The first-order valence-corrected chi connectivity index (χ1v) is 7.82. The standard InChI is InChI=1S/C17H26N2/c1-14-9-10-17(13-18,19-11-5-2-6-12-19)16-8-4-3-7-15(14)16/h3-4,7-8,14H,2,5-6,9-13,18H2,1H3. The van der Waals surface area contributed by atoms with Crippen LogP contribution in [-0.4, -0.2) is 24.5 Å². The van der Waals surface area contributed by atoms with E-state index in [1.54, 1.807) is 0 Å². The summed E-state index contributed by atoms with van der Waals surface area (Å²) in [7, 11) is 0. The Hall–Kier alpha value is -0.860. The second-order valence-electron chi connectivity index (χ2n) is 6.31. The number of nitrogens with two attached hydrogens (primary N) is 1. The van der Waals surface area contributed by atoms with E-state index in [2.05, 4.69) is 36.1 Å². The number of benzene rings is 1. The molecule has 1 aromatic rings. The summed E-state index contributed by atoms with van der Waals surface area (Å²) in [6.45, 7) is 5.56. The lowest BCUT2D eigenvalue weighted by Gasteiger charge is -2.49. The van der Waals surface area contributed by atoms with Gasteiger partial charge >= 0.3 is 0 Å². The van der Waals surface area contributed by atoms with Gasteiger partial charge in [0, 0.05) is 6.54 Å². The van der Waals surface area contributed by atoms with E-state index in [0.29, 0.717) is 5.92 Å². The second kappa shape index (κ2) is 5.26. The van der Waals surface area contributed by atoms with E-state index in [1.807, 2.05) is 0 Å². The largest absolute Gasteiger partial charge is 0.328 e. The van der Waals surface area contributed by atoms with Gasteiger partial charge in [0.15, 0.2) is 0 Å². The molecule has 104 valence electrons. The number of fused-ring (bicyclic) bond motifs is 1. The first kappa shape index (κ1) is 13.1. The van der Waals surface area contributed by atoms with Crippen LogP contribution < -0.4 is 5.73 Å². The van der Waals surface area contributed by atoms with Crippen LogP contribution in [0, 0.1) is 0 Å². The predicted octanol–water partition coefficient (Wildman–Crippen LogP) is 3.22. The van der Waals surface area contributed by atoms with Gasteiger partial charge in [0.2, 0.25) is 0 Å². The minimum Gasteiger partial charge on any atom is -0.328 e. The molecule has 2 heteroatoms. The average molecular weight is 258 g/mol. The van der Waals surface area contributed by atoms with E-state index in [0.717, 1.165) is 6.54 Å². The van der Waals surface area contributed by atoms with Crippen LogP contribution in [0.25, 0.3) is 0 Å². The molecule has 0 spiro atoms. The molecular formula is C17H26N2. The maximum Gasteiger partial charge on any atom is 0.0586 e. The molecule has 1 saturated heterocycles. The lowest BCUT2D eigenvalue weighted by molar-refractivity contribution is 0.0518. The first-order chi connectivity index (χ1) is 9.28. The van der Waals surface area contributed by atoms with Gasteiger partial charge in [-0.1, -0.05) is 37.6 Å². The summed E-state index contributed by atoms with van der Waals surface area (Å²) in [6, 6.07) is 9.00. The zero-order valence-electron chi connectivity index (χ0n) is 12.1. The fourth-order valence-electron chi connectivity index (χ4n) is 4.09. The fourth-order valence-corrected chi connectivity index (χ4v) is 4.09. The smallest absolute Gasteiger partial charge is 0.0586 e. The Morgan fingerprint density at radius 1 is 1.21 bits per heavy atom. The summed E-state index contributed by atoms with van der Waals surface area (Å²) in [5.41, 5.74) is 9.45. The van der Waals surface area contributed by atoms with E-state index in [1.165, 1.54) is 56.3 Å². The van der Waals surface area contributed by atoms with Crippen molar-refractivity contribution >= 4 is 0 Å². The van der Waals surface area contributed by atoms with Gasteiger partial charge < -0.3 is 5.73 Å². The number of hydrogen-bond acceptors (Lipinski definition) is 2. The highest BCUT2D eigenvalue weighted by atomic mass is 15.2. The molecule has 2 atom stereocenters. The Morgan fingerprint density at radius 2 is 1.95 bits per heavy atom. The van der Waals surface area contributed by atoms with Crippen LogP contribution in [0.1, 0.15) is 56.1 Å². The van der Waals surface area contributed by atoms with Crippen molar-refractivity contribution in [2.24, 2.45) is 5.73 Å². The Labute approximate surface area is 117 Å². The third-order valence-corrected chi connectivity index (χ3v) is 5.28. The highest BCUT2D eigenvalue weighted by molar-refractivity contribution is 5.39. The number of rotatable bonds is 2. The monoisotopic (exact) mass is 258 g/mol. The maximum atomic E-state index is 6.29. The van der Waals surface area contributed by atoms with Crippen LogP contribution in [0.15, 0.2) is 24.3 Å². The van der Waals surface area contributed by atoms with Crippen molar-refractivity contribution < 1.29 is 0 Å². The third-order valence-electron chi connectivity index (χ3n) is 5.28. The number of piperidine rings is 1. The van der Waals surface area contributed by atoms with Crippen LogP contribution in [-0.2, 0) is 5.54 Å². The maximum absolute atomic E-state index is 6.29. The molecule has 2 N–H and O–H groups in total. The van der Waals surface area contributed by atoms with Crippen molar-refractivity contribution in [3.63, 3.8) is 0 Å². The highest BCUT2D eigenvalue weighted by Gasteiger charge is 2.42. The molecule has 2 unspecified atom stereocenters. The average Bonchev–Trinajstić information content (AvgIpc) is 2.49. The fraction of sp³-hybridized carbons (Fsp3) is 0.647. The lowest BCUT2D eigenvalue weighted by atomic mass is 9.71. The Morgan fingerprint density at radius 3 is 2.68 bits per heavy atom. The van der Waals surface area contributed by atoms with Crippen molar-refractivity contribution in [2.75, 3.05) is 19.6 Å². The molecule has 1 aromatic carbocycles. The zero-order valence-corrected chi connectivity index (χ0v) is 12.1. The Bertz CT molecular complexity index is 437. The molecule has 19 heavy (non-hydrogen) atoms.